The van der Waals surface area contributed by atoms with Gasteiger partial charge < -0.3 is 31.8 Å². The summed E-state index contributed by atoms with van der Waals surface area (Å²) in [7, 11) is 0. The van der Waals surface area contributed by atoms with E-state index in [0.717, 1.165) is 16.5 Å². The predicted octanol–water partition coefficient (Wildman–Crippen LogP) is 1.93. The van der Waals surface area contributed by atoms with E-state index in [4.69, 9.17) is 5.73 Å². The SMILES string of the molecule is CCC(C)C(NC(=O)C(N)C(C)C)C(=O)NC(Cc1c[nH]c2ccccc12)C(=O)NC(C(=O)O)C(C)C. The zero-order chi connectivity index (χ0) is 27.9. The lowest BCUT2D eigenvalue weighted by Gasteiger charge is -2.29. The van der Waals surface area contributed by atoms with E-state index in [2.05, 4.69) is 20.9 Å². The highest BCUT2D eigenvalue weighted by molar-refractivity contribution is 5.95. The molecule has 10 heteroatoms. The average Bonchev–Trinajstić information content (AvgIpc) is 3.26. The number of rotatable bonds is 13. The Bertz CT molecular complexity index is 1100. The van der Waals surface area contributed by atoms with Gasteiger partial charge in [-0.05, 0) is 29.4 Å². The number of benzene rings is 1. The third-order valence-corrected chi connectivity index (χ3v) is 6.78. The van der Waals surface area contributed by atoms with Crippen LogP contribution in [0.5, 0.6) is 0 Å². The molecule has 204 valence electrons. The maximum Gasteiger partial charge on any atom is 0.326 e. The first kappa shape index (κ1) is 29.8. The Morgan fingerprint density at radius 1 is 0.892 bits per heavy atom. The summed E-state index contributed by atoms with van der Waals surface area (Å²) in [6.07, 6.45) is 2.49. The Hall–Kier alpha value is -3.40. The molecule has 1 aromatic carbocycles. The molecule has 7 N–H and O–H groups in total. The molecule has 0 aliphatic rings. The van der Waals surface area contributed by atoms with Crippen molar-refractivity contribution in [3.63, 3.8) is 0 Å². The van der Waals surface area contributed by atoms with Crippen LogP contribution >= 0.6 is 0 Å². The molecule has 3 amide bonds. The summed E-state index contributed by atoms with van der Waals surface area (Å²) >= 11 is 0. The van der Waals surface area contributed by atoms with Crippen molar-refractivity contribution >= 4 is 34.6 Å². The van der Waals surface area contributed by atoms with Gasteiger partial charge in [0.15, 0.2) is 0 Å². The second-order valence-electron chi connectivity index (χ2n) is 10.3. The van der Waals surface area contributed by atoms with E-state index in [0.29, 0.717) is 6.42 Å². The fourth-order valence-electron chi connectivity index (χ4n) is 4.01. The first-order chi connectivity index (χ1) is 17.4. The highest BCUT2D eigenvalue weighted by Crippen LogP contribution is 2.20. The normalized spacial score (nSPS) is 15.6. The Morgan fingerprint density at radius 3 is 2.08 bits per heavy atom. The van der Waals surface area contributed by atoms with E-state index in [1.807, 2.05) is 52.0 Å². The summed E-state index contributed by atoms with van der Waals surface area (Å²) < 4.78 is 0. The van der Waals surface area contributed by atoms with E-state index in [1.165, 1.54) is 0 Å². The lowest BCUT2D eigenvalue weighted by atomic mass is 9.95. The number of aromatic amines is 1. The number of hydrogen-bond donors (Lipinski definition) is 6. The summed E-state index contributed by atoms with van der Waals surface area (Å²) in [6, 6.07) is 3.67. The minimum absolute atomic E-state index is 0.120. The van der Waals surface area contributed by atoms with E-state index < -0.39 is 47.9 Å². The van der Waals surface area contributed by atoms with Crippen molar-refractivity contribution in [2.75, 3.05) is 0 Å². The van der Waals surface area contributed by atoms with Gasteiger partial charge >= 0.3 is 5.97 Å². The zero-order valence-electron chi connectivity index (χ0n) is 22.5. The number of para-hydroxylation sites is 1. The molecule has 2 rings (SSSR count). The molecule has 10 nitrogen and oxygen atoms in total. The summed E-state index contributed by atoms with van der Waals surface area (Å²) in [4.78, 5) is 54.3. The van der Waals surface area contributed by atoms with Gasteiger partial charge in [-0.15, -0.1) is 0 Å². The van der Waals surface area contributed by atoms with E-state index >= 15 is 0 Å². The number of H-pyrrole nitrogens is 1. The molecule has 1 aromatic heterocycles. The monoisotopic (exact) mass is 515 g/mol. The van der Waals surface area contributed by atoms with Gasteiger partial charge in [0.2, 0.25) is 17.7 Å². The minimum Gasteiger partial charge on any atom is -0.480 e. The maximum absolute atomic E-state index is 13.5. The van der Waals surface area contributed by atoms with Crippen LogP contribution in [0.25, 0.3) is 10.9 Å². The van der Waals surface area contributed by atoms with Crippen molar-refractivity contribution in [3.05, 3.63) is 36.0 Å². The van der Waals surface area contributed by atoms with Crippen molar-refractivity contribution < 1.29 is 24.3 Å². The molecule has 0 spiro atoms. The number of carbonyl (C=O) groups is 4. The van der Waals surface area contributed by atoms with Gasteiger partial charge in [0.05, 0.1) is 6.04 Å². The van der Waals surface area contributed by atoms with Gasteiger partial charge in [-0.25, -0.2) is 4.79 Å². The molecule has 0 saturated heterocycles. The Morgan fingerprint density at radius 2 is 1.51 bits per heavy atom. The molecule has 0 fully saturated rings. The fourth-order valence-corrected chi connectivity index (χ4v) is 4.01. The predicted molar refractivity (Wildman–Crippen MR) is 143 cm³/mol. The van der Waals surface area contributed by atoms with Crippen LogP contribution in [0.4, 0.5) is 0 Å². The number of nitrogens with two attached hydrogens (primary N) is 1. The third-order valence-electron chi connectivity index (χ3n) is 6.78. The number of aliphatic carboxylic acids is 1. The number of amides is 3. The fraction of sp³-hybridized carbons (Fsp3) is 0.556. The molecular weight excluding hydrogens is 474 g/mol. The Balaban J connectivity index is 2.36. The van der Waals surface area contributed by atoms with Crippen LogP contribution in [0.2, 0.25) is 0 Å². The molecule has 37 heavy (non-hydrogen) atoms. The number of carbonyl (C=O) groups excluding carboxylic acids is 3. The smallest absolute Gasteiger partial charge is 0.326 e. The summed E-state index contributed by atoms with van der Waals surface area (Å²) in [5.41, 5.74) is 7.65. The minimum atomic E-state index is -1.16. The quantitative estimate of drug-likeness (QED) is 0.238. The first-order valence-corrected chi connectivity index (χ1v) is 12.8. The molecule has 0 aliphatic carbocycles. The zero-order valence-corrected chi connectivity index (χ0v) is 22.5. The maximum atomic E-state index is 13.5. The van der Waals surface area contributed by atoms with E-state index in [9.17, 15) is 24.3 Å². The number of nitrogens with one attached hydrogen (secondary N) is 4. The van der Waals surface area contributed by atoms with Crippen LogP contribution in [0.1, 0.15) is 53.5 Å². The lowest BCUT2D eigenvalue weighted by Crippen LogP contribution is -2.59. The number of carboxylic acid groups (broad SMARTS) is 1. The van der Waals surface area contributed by atoms with Gasteiger partial charge in [0, 0.05) is 23.5 Å². The van der Waals surface area contributed by atoms with Gasteiger partial charge in [0.1, 0.15) is 18.1 Å². The number of carboxylic acids is 1. The van der Waals surface area contributed by atoms with Crippen molar-refractivity contribution in [2.45, 2.75) is 78.6 Å². The molecular formula is C27H41N5O5. The van der Waals surface area contributed by atoms with Crippen LogP contribution in [0.3, 0.4) is 0 Å². The highest BCUT2D eigenvalue weighted by Gasteiger charge is 2.33. The van der Waals surface area contributed by atoms with Crippen molar-refractivity contribution in [3.8, 4) is 0 Å². The van der Waals surface area contributed by atoms with Crippen LogP contribution in [0, 0.1) is 17.8 Å². The third kappa shape index (κ3) is 7.79. The second-order valence-corrected chi connectivity index (χ2v) is 10.3. The van der Waals surface area contributed by atoms with Crippen molar-refractivity contribution in [2.24, 2.45) is 23.5 Å². The second kappa shape index (κ2) is 13.2. The standard InChI is InChI=1S/C27H41N5O5/c1-7-16(6)23(32-25(34)21(28)14(2)3)26(35)30-20(24(33)31-22(15(4)5)27(36)37)12-17-13-29-19-11-9-8-10-18(17)19/h8-11,13-16,20-23,29H,7,12,28H2,1-6H3,(H,30,35)(H,31,33)(H,32,34)(H,36,37). The Labute approximate surface area is 218 Å². The summed E-state index contributed by atoms with van der Waals surface area (Å²) in [5, 5.41) is 18.6. The van der Waals surface area contributed by atoms with Crippen molar-refractivity contribution in [1.29, 1.82) is 0 Å². The lowest BCUT2D eigenvalue weighted by molar-refractivity contribution is -0.143. The average molecular weight is 516 g/mol. The van der Waals surface area contributed by atoms with Gasteiger partial charge in [-0.3, -0.25) is 14.4 Å². The van der Waals surface area contributed by atoms with Crippen LogP contribution < -0.4 is 21.7 Å². The number of fused-ring (bicyclic) bond motifs is 1. The molecule has 0 bridgehead atoms. The molecule has 0 saturated carbocycles. The van der Waals surface area contributed by atoms with Gasteiger partial charge in [0.25, 0.3) is 0 Å². The van der Waals surface area contributed by atoms with E-state index in [1.54, 1.807) is 20.0 Å². The molecule has 5 atom stereocenters. The van der Waals surface area contributed by atoms with Crippen LogP contribution in [0.15, 0.2) is 30.5 Å². The topological polar surface area (TPSA) is 166 Å². The van der Waals surface area contributed by atoms with Crippen LogP contribution in [-0.4, -0.2) is 57.9 Å². The molecule has 5 unspecified atom stereocenters. The molecule has 0 radical (unpaired) electrons. The van der Waals surface area contributed by atoms with E-state index in [-0.39, 0.29) is 24.2 Å². The molecule has 0 aliphatic heterocycles. The van der Waals surface area contributed by atoms with Gasteiger partial charge in [-0.2, -0.15) is 0 Å². The van der Waals surface area contributed by atoms with Crippen LogP contribution in [-0.2, 0) is 25.6 Å². The van der Waals surface area contributed by atoms with Gasteiger partial charge in [-0.1, -0.05) is 66.2 Å². The summed E-state index contributed by atoms with van der Waals surface area (Å²) in [6.45, 7) is 10.8. The largest absolute Gasteiger partial charge is 0.480 e. The highest BCUT2D eigenvalue weighted by atomic mass is 16.4. The van der Waals surface area contributed by atoms with Crippen molar-refractivity contribution in [1.82, 2.24) is 20.9 Å². The number of hydrogen-bond acceptors (Lipinski definition) is 5. The number of aromatic nitrogens is 1. The first-order valence-electron chi connectivity index (χ1n) is 12.8. The summed E-state index contributed by atoms with van der Waals surface area (Å²) in [5.74, 6) is -3.47. The Kier molecular flexibility index (Phi) is 10.7. The molecule has 1 heterocycles. The molecule has 2 aromatic rings.